The SMILES string of the molecule is CCN(CC)CCN(C(=O)CCCSc1ccc(C)cc1)c1nc2c(S(C)(=O)=O)cccc2s1.Cl. The highest BCUT2D eigenvalue weighted by atomic mass is 35.5. The number of sulfone groups is 1. The number of hydrogen-bond donors (Lipinski definition) is 0. The fraction of sp³-hybridized carbons (Fsp3) is 0.440. The Bertz CT molecular complexity index is 1210. The number of rotatable bonds is 12. The maximum atomic E-state index is 13.3. The molecule has 0 fully saturated rings. The zero-order valence-corrected chi connectivity index (χ0v) is 24.0. The second-order valence-corrected chi connectivity index (χ2v) is 12.4. The summed E-state index contributed by atoms with van der Waals surface area (Å²) in [5.41, 5.74) is 1.68. The molecular weight excluding hydrogens is 522 g/mol. The summed E-state index contributed by atoms with van der Waals surface area (Å²) in [7, 11) is -3.41. The minimum atomic E-state index is -3.41. The van der Waals surface area contributed by atoms with E-state index < -0.39 is 9.84 Å². The Morgan fingerprint density at radius 1 is 1.06 bits per heavy atom. The van der Waals surface area contributed by atoms with E-state index in [0.29, 0.717) is 23.6 Å². The minimum absolute atomic E-state index is 0. The first-order chi connectivity index (χ1) is 16.2. The molecule has 0 bridgehead atoms. The Hall–Kier alpha value is -1.65. The van der Waals surface area contributed by atoms with Gasteiger partial charge in [-0.25, -0.2) is 13.4 Å². The zero-order chi connectivity index (χ0) is 24.7. The Balaban J connectivity index is 0.00000432. The highest BCUT2D eigenvalue weighted by Gasteiger charge is 2.22. The van der Waals surface area contributed by atoms with Gasteiger partial charge in [0.25, 0.3) is 0 Å². The van der Waals surface area contributed by atoms with Crippen molar-refractivity contribution in [1.82, 2.24) is 9.88 Å². The van der Waals surface area contributed by atoms with E-state index in [0.717, 1.165) is 36.5 Å². The van der Waals surface area contributed by atoms with Gasteiger partial charge in [0.15, 0.2) is 15.0 Å². The summed E-state index contributed by atoms with van der Waals surface area (Å²) in [5.74, 6) is 0.883. The van der Waals surface area contributed by atoms with Crippen LogP contribution in [0.1, 0.15) is 32.3 Å². The number of carbonyl (C=O) groups excluding carboxylic acids is 1. The van der Waals surface area contributed by atoms with Crippen LogP contribution >= 0.6 is 35.5 Å². The number of aromatic nitrogens is 1. The summed E-state index contributed by atoms with van der Waals surface area (Å²) in [5, 5.41) is 0.564. The second-order valence-electron chi connectivity index (χ2n) is 8.21. The molecule has 0 saturated carbocycles. The number of benzene rings is 2. The highest BCUT2D eigenvalue weighted by Crippen LogP contribution is 2.33. The van der Waals surface area contributed by atoms with Crippen molar-refractivity contribution in [2.45, 2.75) is 43.4 Å². The van der Waals surface area contributed by atoms with Crippen LogP contribution in [-0.4, -0.2) is 62.4 Å². The van der Waals surface area contributed by atoms with Crippen LogP contribution in [0.15, 0.2) is 52.3 Å². The summed E-state index contributed by atoms with van der Waals surface area (Å²) in [4.78, 5) is 23.3. The van der Waals surface area contributed by atoms with E-state index in [4.69, 9.17) is 0 Å². The smallest absolute Gasteiger partial charge is 0.228 e. The Kier molecular flexibility index (Phi) is 11.5. The van der Waals surface area contributed by atoms with Crippen LogP contribution in [0.2, 0.25) is 0 Å². The Labute approximate surface area is 223 Å². The van der Waals surface area contributed by atoms with Crippen molar-refractivity contribution in [3.8, 4) is 0 Å². The van der Waals surface area contributed by atoms with Crippen LogP contribution in [-0.2, 0) is 14.6 Å². The van der Waals surface area contributed by atoms with Crippen LogP contribution in [0.5, 0.6) is 0 Å². The maximum Gasteiger partial charge on any atom is 0.228 e. The molecule has 3 rings (SSSR count). The van der Waals surface area contributed by atoms with E-state index >= 15 is 0 Å². The van der Waals surface area contributed by atoms with Crippen molar-refractivity contribution in [2.75, 3.05) is 43.1 Å². The maximum absolute atomic E-state index is 13.3. The largest absolute Gasteiger partial charge is 0.302 e. The molecule has 0 radical (unpaired) electrons. The molecule has 1 heterocycles. The fourth-order valence-corrected chi connectivity index (χ4v) is 6.40. The molecule has 0 aliphatic rings. The molecule has 0 aliphatic heterocycles. The van der Waals surface area contributed by atoms with Gasteiger partial charge in [0.2, 0.25) is 5.91 Å². The van der Waals surface area contributed by atoms with Crippen molar-refractivity contribution in [1.29, 1.82) is 0 Å². The lowest BCUT2D eigenvalue weighted by Crippen LogP contribution is -2.38. The lowest BCUT2D eigenvalue weighted by molar-refractivity contribution is -0.118. The van der Waals surface area contributed by atoms with Gasteiger partial charge in [0.1, 0.15) is 5.52 Å². The fourth-order valence-electron chi connectivity index (χ4n) is 3.62. The molecule has 192 valence electrons. The second kappa shape index (κ2) is 13.6. The van der Waals surface area contributed by atoms with Gasteiger partial charge in [-0.1, -0.05) is 48.9 Å². The van der Waals surface area contributed by atoms with Gasteiger partial charge in [-0.3, -0.25) is 9.69 Å². The van der Waals surface area contributed by atoms with Crippen LogP contribution in [0, 0.1) is 6.92 Å². The highest BCUT2D eigenvalue weighted by molar-refractivity contribution is 7.99. The van der Waals surface area contributed by atoms with Gasteiger partial charge in [-0.2, -0.15) is 0 Å². The minimum Gasteiger partial charge on any atom is -0.302 e. The molecule has 2 aromatic carbocycles. The quantitative estimate of drug-likeness (QED) is 0.211. The normalized spacial score (nSPS) is 11.6. The molecule has 10 heteroatoms. The Morgan fingerprint density at radius 3 is 2.37 bits per heavy atom. The first kappa shape index (κ1) is 29.6. The third kappa shape index (κ3) is 8.18. The lowest BCUT2D eigenvalue weighted by atomic mass is 10.2. The molecule has 6 nitrogen and oxygen atoms in total. The molecule has 35 heavy (non-hydrogen) atoms. The number of amides is 1. The number of thioether (sulfide) groups is 1. The number of para-hydroxylation sites is 1. The summed E-state index contributed by atoms with van der Waals surface area (Å²) >= 11 is 3.13. The van der Waals surface area contributed by atoms with Gasteiger partial charge in [0, 0.05) is 30.7 Å². The number of halogens is 1. The van der Waals surface area contributed by atoms with E-state index in [2.05, 4.69) is 54.9 Å². The third-order valence-electron chi connectivity index (χ3n) is 5.66. The first-order valence-corrected chi connectivity index (χ1v) is 15.2. The van der Waals surface area contributed by atoms with Gasteiger partial charge in [0.05, 0.1) is 9.60 Å². The van der Waals surface area contributed by atoms with E-state index in [1.54, 1.807) is 28.8 Å². The first-order valence-electron chi connectivity index (χ1n) is 11.5. The monoisotopic (exact) mass is 555 g/mol. The van der Waals surface area contributed by atoms with E-state index in [1.165, 1.54) is 28.1 Å². The van der Waals surface area contributed by atoms with Crippen molar-refractivity contribution in [3.05, 3.63) is 48.0 Å². The molecule has 1 aromatic heterocycles. The average molecular weight is 556 g/mol. The van der Waals surface area contributed by atoms with E-state index in [9.17, 15) is 13.2 Å². The molecule has 0 aliphatic carbocycles. The van der Waals surface area contributed by atoms with Crippen LogP contribution in [0.25, 0.3) is 10.2 Å². The number of aryl methyl sites for hydroxylation is 1. The number of hydrogen-bond acceptors (Lipinski definition) is 7. The average Bonchev–Trinajstić information content (AvgIpc) is 3.23. The number of carbonyl (C=O) groups is 1. The van der Waals surface area contributed by atoms with Crippen molar-refractivity contribution in [3.63, 3.8) is 0 Å². The predicted octanol–water partition coefficient (Wildman–Crippen LogP) is 5.68. The van der Waals surface area contributed by atoms with Gasteiger partial charge < -0.3 is 4.90 Å². The topological polar surface area (TPSA) is 70.6 Å². The van der Waals surface area contributed by atoms with Crippen LogP contribution in [0.4, 0.5) is 5.13 Å². The number of thiazole rings is 1. The lowest BCUT2D eigenvalue weighted by Gasteiger charge is -2.24. The van der Waals surface area contributed by atoms with Crippen molar-refractivity contribution >= 4 is 66.6 Å². The molecule has 0 N–H and O–H groups in total. The van der Waals surface area contributed by atoms with Gasteiger partial charge >= 0.3 is 0 Å². The molecule has 0 spiro atoms. The summed E-state index contributed by atoms with van der Waals surface area (Å²) < 4.78 is 25.2. The third-order valence-corrected chi connectivity index (χ3v) is 8.93. The number of anilines is 1. The summed E-state index contributed by atoms with van der Waals surface area (Å²) in [6.45, 7) is 9.36. The number of fused-ring (bicyclic) bond motifs is 1. The molecule has 1 amide bonds. The number of nitrogens with zero attached hydrogens (tertiary/aromatic N) is 3. The van der Waals surface area contributed by atoms with E-state index in [1.807, 2.05) is 6.07 Å². The standard InChI is InChI=1S/C25H33N3O3S3.ClH/c1-5-27(6-2)16-17-28(23(29)11-8-18-32-20-14-12-19(3)13-15-20)25-26-24-21(33-25)9-7-10-22(24)34(4,30)31;/h7,9-10,12-15H,5-6,8,11,16-18H2,1-4H3;1H. The number of likely N-dealkylation sites (N-methyl/N-ethyl adjacent to an activating group) is 1. The zero-order valence-electron chi connectivity index (χ0n) is 20.7. The molecule has 0 atom stereocenters. The summed E-state index contributed by atoms with van der Waals surface area (Å²) in [6.07, 6.45) is 2.38. The molecule has 3 aromatic rings. The predicted molar refractivity (Wildman–Crippen MR) is 151 cm³/mol. The Morgan fingerprint density at radius 2 is 1.74 bits per heavy atom. The molecule has 0 unspecified atom stereocenters. The van der Waals surface area contributed by atoms with Crippen LogP contribution < -0.4 is 4.90 Å². The van der Waals surface area contributed by atoms with E-state index in [-0.39, 0.29) is 23.2 Å². The van der Waals surface area contributed by atoms with Gasteiger partial charge in [-0.15, -0.1) is 24.2 Å². The molecule has 0 saturated heterocycles. The van der Waals surface area contributed by atoms with Crippen molar-refractivity contribution < 1.29 is 13.2 Å². The van der Waals surface area contributed by atoms with Crippen molar-refractivity contribution in [2.24, 2.45) is 0 Å². The molecular formula is C25H34ClN3O3S3. The van der Waals surface area contributed by atoms with Gasteiger partial charge in [-0.05, 0) is 56.5 Å². The van der Waals surface area contributed by atoms with Crippen LogP contribution in [0.3, 0.4) is 0 Å². The summed E-state index contributed by atoms with van der Waals surface area (Å²) in [6, 6.07) is 13.6.